The predicted octanol–water partition coefficient (Wildman–Crippen LogP) is 1.95. The van der Waals surface area contributed by atoms with Gasteiger partial charge in [-0.3, -0.25) is 4.90 Å². The number of hydrogen-bond acceptors (Lipinski definition) is 4. The van der Waals surface area contributed by atoms with Gasteiger partial charge < -0.3 is 4.74 Å². The summed E-state index contributed by atoms with van der Waals surface area (Å²) in [5, 5.41) is 1.81. The van der Waals surface area contributed by atoms with Crippen molar-refractivity contribution >= 4 is 27.7 Å². The maximum absolute atomic E-state index is 11.9. The zero-order valence-corrected chi connectivity index (χ0v) is 13.9. The van der Waals surface area contributed by atoms with Crippen LogP contribution in [0.15, 0.2) is 29.7 Å². The van der Waals surface area contributed by atoms with E-state index in [-0.39, 0.29) is 0 Å². The molecule has 1 aromatic carbocycles. The van der Waals surface area contributed by atoms with Crippen molar-refractivity contribution in [2.75, 3.05) is 39.4 Å². The van der Waals surface area contributed by atoms with E-state index >= 15 is 0 Å². The standard InChI is InChI=1S/C15H21ClN2O3S/c16-15-4-2-14(3-5-15)6-13-22(19,20)17-7-1-8-18-9-11-21-12-10-18/h2-6,13,17H,1,7-12H2/b13-6+. The molecule has 0 unspecified atom stereocenters. The average Bonchev–Trinajstić information content (AvgIpc) is 2.52. The number of nitrogens with zero attached hydrogens (tertiary/aromatic N) is 1. The summed E-state index contributed by atoms with van der Waals surface area (Å²) >= 11 is 5.78. The fraction of sp³-hybridized carbons (Fsp3) is 0.467. The normalized spacial score (nSPS) is 17.1. The van der Waals surface area contributed by atoms with Crippen molar-refractivity contribution in [1.82, 2.24) is 9.62 Å². The molecule has 1 aliphatic heterocycles. The molecule has 1 saturated heterocycles. The number of halogens is 1. The van der Waals surface area contributed by atoms with E-state index < -0.39 is 10.0 Å². The molecular weight excluding hydrogens is 324 g/mol. The van der Waals surface area contributed by atoms with Crippen molar-refractivity contribution in [1.29, 1.82) is 0 Å². The summed E-state index contributed by atoms with van der Waals surface area (Å²) in [7, 11) is -3.40. The molecule has 0 bridgehead atoms. The number of rotatable bonds is 7. The van der Waals surface area contributed by atoms with Gasteiger partial charge in [-0.2, -0.15) is 0 Å². The summed E-state index contributed by atoms with van der Waals surface area (Å²) in [6.45, 7) is 4.68. The second kappa shape index (κ2) is 8.64. The molecule has 0 aromatic heterocycles. The maximum Gasteiger partial charge on any atom is 0.233 e. The molecule has 122 valence electrons. The van der Waals surface area contributed by atoms with Crippen LogP contribution >= 0.6 is 11.6 Å². The Hall–Kier alpha value is -0.920. The zero-order chi connectivity index (χ0) is 15.8. The van der Waals surface area contributed by atoms with Gasteiger partial charge in [-0.25, -0.2) is 13.1 Å². The lowest BCUT2D eigenvalue weighted by Gasteiger charge is -2.26. The summed E-state index contributed by atoms with van der Waals surface area (Å²) in [4.78, 5) is 2.28. The minimum Gasteiger partial charge on any atom is -0.379 e. The molecule has 2 rings (SSSR count). The lowest BCUT2D eigenvalue weighted by atomic mass is 10.2. The Morgan fingerprint density at radius 3 is 2.59 bits per heavy atom. The Morgan fingerprint density at radius 1 is 1.23 bits per heavy atom. The van der Waals surface area contributed by atoms with Crippen LogP contribution in [0.25, 0.3) is 6.08 Å². The molecule has 22 heavy (non-hydrogen) atoms. The number of nitrogens with one attached hydrogen (secondary N) is 1. The Balaban J connectivity index is 1.72. The van der Waals surface area contributed by atoms with Crippen LogP contribution in [0.3, 0.4) is 0 Å². The van der Waals surface area contributed by atoms with Gasteiger partial charge in [-0.15, -0.1) is 0 Å². The Labute approximate surface area is 137 Å². The smallest absolute Gasteiger partial charge is 0.233 e. The van der Waals surface area contributed by atoms with Crippen LogP contribution in [0, 0.1) is 0 Å². The monoisotopic (exact) mass is 344 g/mol. The molecule has 1 aromatic rings. The van der Waals surface area contributed by atoms with Crippen LogP contribution in [-0.2, 0) is 14.8 Å². The first kappa shape index (κ1) is 17.4. The van der Waals surface area contributed by atoms with Gasteiger partial charge in [-0.05, 0) is 36.7 Å². The highest BCUT2D eigenvalue weighted by atomic mass is 35.5. The van der Waals surface area contributed by atoms with Crippen LogP contribution in [0.1, 0.15) is 12.0 Å². The third kappa shape index (κ3) is 6.46. The third-order valence-corrected chi connectivity index (χ3v) is 4.72. The molecule has 7 heteroatoms. The van der Waals surface area contributed by atoms with Crippen LogP contribution in [0.5, 0.6) is 0 Å². The van der Waals surface area contributed by atoms with Gasteiger partial charge in [-0.1, -0.05) is 23.7 Å². The minimum absolute atomic E-state index is 0.435. The molecule has 5 nitrogen and oxygen atoms in total. The molecule has 0 aliphatic carbocycles. The van der Waals surface area contributed by atoms with Gasteiger partial charge in [0.1, 0.15) is 0 Å². The summed E-state index contributed by atoms with van der Waals surface area (Å²) in [5.41, 5.74) is 0.795. The van der Waals surface area contributed by atoms with E-state index in [1.54, 1.807) is 30.3 Å². The first-order chi connectivity index (χ1) is 10.6. The van der Waals surface area contributed by atoms with E-state index in [0.717, 1.165) is 44.8 Å². The van der Waals surface area contributed by atoms with Crippen molar-refractivity contribution in [3.63, 3.8) is 0 Å². The van der Waals surface area contributed by atoms with Crippen molar-refractivity contribution in [3.8, 4) is 0 Å². The SMILES string of the molecule is O=S(=O)(/C=C/c1ccc(Cl)cc1)NCCCN1CCOCC1. The number of morpholine rings is 1. The second-order valence-electron chi connectivity index (χ2n) is 5.10. The maximum atomic E-state index is 11.9. The van der Waals surface area contributed by atoms with Crippen molar-refractivity contribution in [2.24, 2.45) is 0 Å². The van der Waals surface area contributed by atoms with Gasteiger partial charge in [0, 0.05) is 30.1 Å². The molecule has 0 spiro atoms. The molecule has 1 fully saturated rings. The molecule has 1 aliphatic rings. The summed E-state index contributed by atoms with van der Waals surface area (Å²) in [6, 6.07) is 6.99. The second-order valence-corrected chi connectivity index (χ2v) is 7.19. The quantitative estimate of drug-likeness (QED) is 0.768. The molecule has 0 amide bonds. The van der Waals surface area contributed by atoms with Gasteiger partial charge in [0.25, 0.3) is 0 Å². The first-order valence-corrected chi connectivity index (χ1v) is 9.21. The molecule has 0 saturated carbocycles. The fourth-order valence-corrected chi connectivity index (χ4v) is 3.12. The molecule has 1 N–H and O–H groups in total. The van der Waals surface area contributed by atoms with Gasteiger partial charge in [0.05, 0.1) is 13.2 Å². The summed E-state index contributed by atoms with van der Waals surface area (Å²) in [6.07, 6.45) is 2.34. The number of ether oxygens (including phenoxy) is 1. The highest BCUT2D eigenvalue weighted by Gasteiger charge is 2.10. The average molecular weight is 345 g/mol. The Bertz CT molecular complexity index is 581. The van der Waals surface area contributed by atoms with Gasteiger partial charge >= 0.3 is 0 Å². The van der Waals surface area contributed by atoms with Crippen LogP contribution in [0.4, 0.5) is 0 Å². The van der Waals surface area contributed by atoms with E-state index in [0.29, 0.717) is 11.6 Å². The predicted molar refractivity (Wildman–Crippen MR) is 89.3 cm³/mol. The van der Waals surface area contributed by atoms with E-state index in [4.69, 9.17) is 16.3 Å². The number of hydrogen-bond donors (Lipinski definition) is 1. The van der Waals surface area contributed by atoms with Gasteiger partial charge in [0.2, 0.25) is 10.0 Å². The zero-order valence-electron chi connectivity index (χ0n) is 12.4. The van der Waals surface area contributed by atoms with E-state index in [1.165, 1.54) is 5.41 Å². The van der Waals surface area contributed by atoms with Crippen LogP contribution in [-0.4, -0.2) is 52.7 Å². The van der Waals surface area contributed by atoms with Crippen molar-refractivity contribution in [3.05, 3.63) is 40.3 Å². The lowest BCUT2D eigenvalue weighted by molar-refractivity contribution is 0.0376. The lowest BCUT2D eigenvalue weighted by Crippen LogP contribution is -2.38. The van der Waals surface area contributed by atoms with Crippen LogP contribution in [0.2, 0.25) is 5.02 Å². The van der Waals surface area contributed by atoms with E-state index in [2.05, 4.69) is 9.62 Å². The molecule has 0 atom stereocenters. The molecule has 0 radical (unpaired) electrons. The summed E-state index contributed by atoms with van der Waals surface area (Å²) in [5.74, 6) is 0. The van der Waals surface area contributed by atoms with Crippen molar-refractivity contribution in [2.45, 2.75) is 6.42 Å². The van der Waals surface area contributed by atoms with E-state index in [1.807, 2.05) is 0 Å². The Kier molecular flexibility index (Phi) is 6.85. The fourth-order valence-electron chi connectivity index (χ4n) is 2.13. The molecule has 1 heterocycles. The largest absolute Gasteiger partial charge is 0.379 e. The van der Waals surface area contributed by atoms with Crippen molar-refractivity contribution < 1.29 is 13.2 Å². The Morgan fingerprint density at radius 2 is 1.91 bits per heavy atom. The van der Waals surface area contributed by atoms with E-state index in [9.17, 15) is 8.42 Å². The summed E-state index contributed by atoms with van der Waals surface area (Å²) < 4.78 is 31.6. The number of benzene rings is 1. The highest BCUT2D eigenvalue weighted by molar-refractivity contribution is 7.92. The first-order valence-electron chi connectivity index (χ1n) is 7.29. The van der Waals surface area contributed by atoms with Gasteiger partial charge in [0.15, 0.2) is 0 Å². The topological polar surface area (TPSA) is 58.6 Å². The minimum atomic E-state index is -3.40. The highest BCUT2D eigenvalue weighted by Crippen LogP contribution is 2.11. The number of sulfonamides is 1. The van der Waals surface area contributed by atoms with Crippen LogP contribution < -0.4 is 4.72 Å². The third-order valence-electron chi connectivity index (χ3n) is 3.37. The molecular formula is C15H21ClN2O3S.